The average molecular weight is 356 g/mol. The fourth-order valence-corrected chi connectivity index (χ4v) is 4.79. The summed E-state index contributed by atoms with van der Waals surface area (Å²) in [6.45, 7) is -2.24. The van der Waals surface area contributed by atoms with E-state index in [1.165, 1.54) is 0 Å². The van der Waals surface area contributed by atoms with Crippen molar-refractivity contribution in [3.63, 3.8) is 0 Å². The molecule has 0 bridgehead atoms. The topological polar surface area (TPSA) is 190 Å². The van der Waals surface area contributed by atoms with Gasteiger partial charge < -0.3 is 53.2 Å². The molecule has 0 amide bonds. The molecule has 0 spiro atoms. The summed E-state index contributed by atoms with van der Waals surface area (Å²) in [5.74, 6) is -2.16. The highest BCUT2D eigenvalue weighted by Crippen LogP contribution is 2.34. The van der Waals surface area contributed by atoms with Crippen LogP contribution in [0.2, 0.25) is 0 Å². The summed E-state index contributed by atoms with van der Waals surface area (Å²) >= 11 is -3.29. The number of hydrogen-bond donors (Lipinski definition) is 8. The Morgan fingerprint density at radius 2 is 1.48 bits per heavy atom. The van der Waals surface area contributed by atoms with E-state index < -0.39 is 82.0 Å². The molecule has 2 rings (SSSR count). The van der Waals surface area contributed by atoms with Crippen LogP contribution in [0.25, 0.3) is 0 Å². The number of hydrogen-bond acceptors (Lipinski definition) is 11. The van der Waals surface area contributed by atoms with Crippen molar-refractivity contribution in [3.05, 3.63) is 0 Å². The van der Waals surface area contributed by atoms with E-state index >= 15 is 0 Å². The first kappa shape index (κ1) is 19.4. The zero-order chi connectivity index (χ0) is 17.4. The smallest absolute Gasteiger partial charge is 0.471 e. The lowest BCUT2D eigenvalue weighted by Gasteiger charge is -2.41. The molecule has 2 fully saturated rings. The predicted molar refractivity (Wildman–Crippen MR) is 70.6 cm³/mol. The number of aliphatic hydroxyl groups is 8. The molecule has 0 aliphatic carbocycles. The van der Waals surface area contributed by atoms with E-state index in [1.807, 2.05) is 0 Å². The summed E-state index contributed by atoms with van der Waals surface area (Å²) in [6.07, 6.45) is -8.95. The molecule has 2 heterocycles. The Balaban J connectivity index is 2.18. The lowest BCUT2D eigenvalue weighted by molar-refractivity contribution is -0.250. The van der Waals surface area contributed by atoms with Crippen LogP contribution < -0.4 is 0 Å². The lowest BCUT2D eigenvalue weighted by Crippen LogP contribution is -2.65. The standard InChI is InChI=1S/C6H11O6.C5H10O5.Al/c7-1-3-4(9)5(10)6(11,2-8)12-3;6-1-3(8)5(10)4(9)2-7;/h3-5,7-10H,1-2H2;1,3-8,10H,2H2;/q2*-1;+2/t3-,4-,5+,6?;3-,4-,5+;/m11./s1. The number of ether oxygens (including phenoxy) is 1. The fourth-order valence-electron chi connectivity index (χ4n) is 2.63. The van der Waals surface area contributed by atoms with Gasteiger partial charge in [-0.3, -0.25) is 0 Å². The van der Waals surface area contributed by atoms with Gasteiger partial charge >= 0.3 is 14.8 Å². The molecule has 0 radical (unpaired) electrons. The van der Waals surface area contributed by atoms with Crippen molar-refractivity contribution in [1.82, 2.24) is 0 Å². The van der Waals surface area contributed by atoms with Gasteiger partial charge in [-0.15, -0.1) is 0 Å². The van der Waals surface area contributed by atoms with E-state index in [0.717, 1.165) is 0 Å². The number of aliphatic hydroxyl groups excluding tert-OH is 8. The Bertz CT molecular complexity index is 398. The largest absolute Gasteiger partial charge is 0.711 e. The van der Waals surface area contributed by atoms with Gasteiger partial charge in [0, 0.05) is 0 Å². The zero-order valence-electron chi connectivity index (χ0n) is 12.0. The third kappa shape index (κ3) is 3.42. The van der Waals surface area contributed by atoms with Gasteiger partial charge in [0.15, 0.2) is 5.79 Å². The highest BCUT2D eigenvalue weighted by atomic mass is 27.2. The molecule has 11 nitrogen and oxygen atoms in total. The number of rotatable bonds is 5. The Hall–Kier alpha value is 0.0925. The van der Waals surface area contributed by atoms with Crippen molar-refractivity contribution < 1.29 is 53.2 Å². The van der Waals surface area contributed by atoms with E-state index in [-0.39, 0.29) is 0 Å². The summed E-state index contributed by atoms with van der Waals surface area (Å²) < 4.78 is 15.8. The van der Waals surface area contributed by atoms with Gasteiger partial charge in [-0.05, 0) is 0 Å². The minimum Gasteiger partial charge on any atom is -0.471 e. The van der Waals surface area contributed by atoms with Crippen LogP contribution >= 0.6 is 0 Å². The first-order valence-corrected chi connectivity index (χ1v) is 8.66. The first-order chi connectivity index (χ1) is 10.8. The lowest BCUT2D eigenvalue weighted by atomic mass is 10.1. The Kier molecular flexibility index (Phi) is 6.37. The van der Waals surface area contributed by atoms with E-state index in [1.54, 1.807) is 0 Å². The Morgan fingerprint density at radius 1 is 0.870 bits per heavy atom. The molecule has 8 N–H and O–H groups in total. The molecule has 134 valence electrons. The average Bonchev–Trinajstić information content (AvgIpc) is 2.80. The van der Waals surface area contributed by atoms with Crippen molar-refractivity contribution in [2.24, 2.45) is 0 Å². The summed E-state index contributed by atoms with van der Waals surface area (Å²) in [7, 11) is 0. The van der Waals surface area contributed by atoms with Gasteiger partial charge in [0.05, 0.1) is 30.9 Å². The van der Waals surface area contributed by atoms with Crippen molar-refractivity contribution in [2.45, 2.75) is 47.4 Å². The van der Waals surface area contributed by atoms with Crippen LogP contribution in [0.1, 0.15) is 0 Å². The monoisotopic (exact) mass is 356 g/mol. The normalized spacial score (nSPS) is 48.0. The molecule has 12 heteroatoms. The van der Waals surface area contributed by atoms with Crippen LogP contribution in [0.5, 0.6) is 0 Å². The van der Waals surface area contributed by atoms with Gasteiger partial charge in [-0.1, -0.05) is 0 Å². The Morgan fingerprint density at radius 3 is 1.96 bits per heavy atom. The molecule has 0 aromatic heterocycles. The second kappa shape index (κ2) is 7.55. The summed E-state index contributed by atoms with van der Waals surface area (Å²) in [4.78, 5) is -1.64. The van der Waals surface area contributed by atoms with Crippen molar-refractivity contribution >= 4 is 14.8 Å². The molecular formula is C11H21AlO11. The fraction of sp³-hybridized carbons (Fsp3) is 1.00. The Labute approximate surface area is 135 Å². The second-order valence-corrected chi connectivity index (χ2v) is 7.49. The maximum absolute atomic E-state index is 10.0. The predicted octanol–water partition coefficient (Wildman–Crippen LogP) is -5.69. The molecule has 2 aliphatic heterocycles. The summed E-state index contributed by atoms with van der Waals surface area (Å²) in [5.41, 5.74) is 0. The van der Waals surface area contributed by atoms with Gasteiger partial charge in [-0.25, -0.2) is 0 Å². The minimum atomic E-state index is -3.29. The highest BCUT2D eigenvalue weighted by molar-refractivity contribution is 6.46. The quantitative estimate of drug-likeness (QED) is 0.219. The maximum Gasteiger partial charge on any atom is 0.711 e. The first-order valence-electron chi connectivity index (χ1n) is 7.05. The molecule has 1 unspecified atom stereocenters. The van der Waals surface area contributed by atoms with Crippen molar-refractivity contribution in [3.8, 4) is 0 Å². The van der Waals surface area contributed by atoms with Crippen LogP contribution in [0.4, 0.5) is 0 Å². The second-order valence-electron chi connectivity index (χ2n) is 5.56. The molecule has 8 atom stereocenters. The van der Waals surface area contributed by atoms with E-state index in [0.29, 0.717) is 0 Å². The van der Waals surface area contributed by atoms with Gasteiger partial charge in [0.1, 0.15) is 30.5 Å². The SMILES string of the molecule is OC[C@H]1OC(CO)([O][Al]2[O][C@H](CO)[C@@H](O)[C@H](O)[C@H]2O)[C@@H](O)[C@@H]1O. The van der Waals surface area contributed by atoms with Crippen LogP contribution in [0, 0.1) is 0 Å². The van der Waals surface area contributed by atoms with E-state index in [9.17, 15) is 30.6 Å². The van der Waals surface area contributed by atoms with Crippen LogP contribution in [-0.4, -0.2) is 123 Å². The van der Waals surface area contributed by atoms with Crippen LogP contribution in [0.3, 0.4) is 0 Å². The molecule has 0 aromatic rings. The van der Waals surface area contributed by atoms with Crippen LogP contribution in [0.15, 0.2) is 0 Å². The van der Waals surface area contributed by atoms with Crippen molar-refractivity contribution in [1.29, 1.82) is 0 Å². The third-order valence-electron chi connectivity index (χ3n) is 4.07. The maximum atomic E-state index is 10.0. The molecule has 0 saturated carbocycles. The van der Waals surface area contributed by atoms with E-state index in [2.05, 4.69) is 0 Å². The van der Waals surface area contributed by atoms with Gasteiger partial charge in [0.25, 0.3) is 0 Å². The summed E-state index contributed by atoms with van der Waals surface area (Å²) in [6, 6.07) is 0. The van der Waals surface area contributed by atoms with Gasteiger partial charge in [-0.2, -0.15) is 0 Å². The zero-order valence-corrected chi connectivity index (χ0v) is 13.2. The minimum absolute atomic E-state index is 0.653. The van der Waals surface area contributed by atoms with Crippen molar-refractivity contribution in [2.75, 3.05) is 19.8 Å². The highest BCUT2D eigenvalue weighted by Gasteiger charge is 2.61. The molecule has 0 aromatic carbocycles. The molecular weight excluding hydrogens is 335 g/mol. The van der Waals surface area contributed by atoms with Crippen LogP contribution in [-0.2, 0) is 12.3 Å². The molecule has 23 heavy (non-hydrogen) atoms. The van der Waals surface area contributed by atoms with E-state index in [4.69, 9.17) is 22.5 Å². The van der Waals surface area contributed by atoms with Gasteiger partial charge in [0.2, 0.25) is 0 Å². The summed E-state index contributed by atoms with van der Waals surface area (Å²) in [5, 5.41) is 76.9. The third-order valence-corrected chi connectivity index (χ3v) is 6.27. The molecule has 2 aliphatic rings. The molecule has 2 saturated heterocycles.